The molecule has 6 heteroatoms. The van der Waals surface area contributed by atoms with E-state index >= 15 is 0 Å². The van der Waals surface area contributed by atoms with Gasteiger partial charge in [0, 0.05) is 23.8 Å². The van der Waals surface area contributed by atoms with Gasteiger partial charge >= 0.3 is 0 Å². The maximum atomic E-state index is 12.7. The molecule has 1 aliphatic heterocycles. The summed E-state index contributed by atoms with van der Waals surface area (Å²) in [5, 5.41) is 0. The van der Waals surface area contributed by atoms with Crippen LogP contribution in [0.4, 0.5) is 0 Å². The molecule has 4 nitrogen and oxygen atoms in total. The van der Waals surface area contributed by atoms with Crippen molar-refractivity contribution in [2.24, 2.45) is 5.92 Å². The van der Waals surface area contributed by atoms with Gasteiger partial charge < -0.3 is 4.90 Å². The second-order valence-corrected chi connectivity index (χ2v) is 8.89. The van der Waals surface area contributed by atoms with Gasteiger partial charge in [-0.1, -0.05) is 42.5 Å². The summed E-state index contributed by atoms with van der Waals surface area (Å²) in [6.45, 7) is 1.26. The Morgan fingerprint density at radius 2 is 1.60 bits per heavy atom. The molecule has 0 unspecified atom stereocenters. The van der Waals surface area contributed by atoms with Crippen molar-refractivity contribution in [2.45, 2.75) is 24.2 Å². The molecule has 1 amide bonds. The number of nitrogens with zero attached hydrogens (tertiary/aromatic N) is 1. The van der Waals surface area contributed by atoms with E-state index in [9.17, 15) is 13.2 Å². The standard InChI is InChI=1S/C19H20ClNO3S/c20-25(23,24)18-9-5-4-8-17(18)19(22)21-12-10-16(11-13-21)14-15-6-2-1-3-7-15/h1-9,16H,10-14H2. The molecule has 2 aromatic carbocycles. The minimum Gasteiger partial charge on any atom is -0.339 e. The van der Waals surface area contributed by atoms with E-state index in [4.69, 9.17) is 10.7 Å². The zero-order chi connectivity index (χ0) is 17.9. The quantitative estimate of drug-likeness (QED) is 0.763. The fourth-order valence-corrected chi connectivity index (χ4v) is 4.38. The zero-order valence-electron chi connectivity index (χ0n) is 13.8. The van der Waals surface area contributed by atoms with Gasteiger partial charge in [0.05, 0.1) is 10.5 Å². The van der Waals surface area contributed by atoms with Crippen LogP contribution in [0.3, 0.4) is 0 Å². The zero-order valence-corrected chi connectivity index (χ0v) is 15.3. The smallest absolute Gasteiger partial charge is 0.262 e. The molecule has 0 aromatic heterocycles. The summed E-state index contributed by atoms with van der Waals surface area (Å²) >= 11 is 0. The van der Waals surface area contributed by atoms with Crippen molar-refractivity contribution in [3.05, 3.63) is 65.7 Å². The molecule has 0 aliphatic carbocycles. The van der Waals surface area contributed by atoms with Gasteiger partial charge in [0.15, 0.2) is 0 Å². The van der Waals surface area contributed by atoms with E-state index in [1.54, 1.807) is 17.0 Å². The van der Waals surface area contributed by atoms with Crippen LogP contribution in [0, 0.1) is 5.92 Å². The summed E-state index contributed by atoms with van der Waals surface area (Å²) < 4.78 is 23.4. The van der Waals surface area contributed by atoms with Crippen LogP contribution < -0.4 is 0 Å². The number of carbonyl (C=O) groups excluding carboxylic acids is 1. The fourth-order valence-electron chi connectivity index (χ4n) is 3.31. The van der Waals surface area contributed by atoms with Crippen LogP contribution >= 0.6 is 10.7 Å². The first-order valence-corrected chi connectivity index (χ1v) is 10.6. The number of rotatable bonds is 4. The Morgan fingerprint density at radius 1 is 1.00 bits per heavy atom. The number of hydrogen-bond acceptors (Lipinski definition) is 3. The van der Waals surface area contributed by atoms with Crippen LogP contribution in [0.25, 0.3) is 0 Å². The molecule has 132 valence electrons. The molecular formula is C19H20ClNO3S. The van der Waals surface area contributed by atoms with Crippen LogP contribution in [0.5, 0.6) is 0 Å². The maximum Gasteiger partial charge on any atom is 0.262 e. The predicted molar refractivity (Wildman–Crippen MR) is 98.3 cm³/mol. The lowest BCUT2D eigenvalue weighted by Crippen LogP contribution is -2.39. The topological polar surface area (TPSA) is 54.5 Å². The largest absolute Gasteiger partial charge is 0.339 e. The second kappa shape index (κ2) is 7.58. The maximum absolute atomic E-state index is 12.7. The third-order valence-electron chi connectivity index (χ3n) is 4.65. The van der Waals surface area contributed by atoms with Gasteiger partial charge in [-0.3, -0.25) is 4.79 Å². The first kappa shape index (κ1) is 18.0. The fraction of sp³-hybridized carbons (Fsp3) is 0.316. The summed E-state index contributed by atoms with van der Waals surface area (Å²) in [5.74, 6) is 0.274. The number of amides is 1. The van der Waals surface area contributed by atoms with Gasteiger partial charge in [-0.15, -0.1) is 0 Å². The monoisotopic (exact) mass is 377 g/mol. The Hall–Kier alpha value is -1.85. The third kappa shape index (κ3) is 4.41. The number of halogens is 1. The summed E-state index contributed by atoms with van der Waals surface area (Å²) in [4.78, 5) is 14.3. The molecule has 0 saturated carbocycles. The van der Waals surface area contributed by atoms with E-state index < -0.39 is 9.05 Å². The van der Waals surface area contributed by atoms with Gasteiger partial charge in [0.25, 0.3) is 15.0 Å². The van der Waals surface area contributed by atoms with Crippen molar-refractivity contribution in [1.29, 1.82) is 0 Å². The summed E-state index contributed by atoms with van der Waals surface area (Å²) in [7, 11) is 1.52. The van der Waals surface area contributed by atoms with Crippen LogP contribution in [0.15, 0.2) is 59.5 Å². The van der Waals surface area contributed by atoms with E-state index in [1.807, 2.05) is 18.2 Å². The molecular weight excluding hydrogens is 358 g/mol. The van der Waals surface area contributed by atoms with Gasteiger partial charge in [-0.25, -0.2) is 8.42 Å². The molecule has 0 bridgehead atoms. The molecule has 0 atom stereocenters. The van der Waals surface area contributed by atoms with Crippen LogP contribution in [-0.4, -0.2) is 32.3 Å². The molecule has 1 aliphatic rings. The third-order valence-corrected chi connectivity index (χ3v) is 6.03. The summed E-state index contributed by atoms with van der Waals surface area (Å²) in [6, 6.07) is 16.4. The lowest BCUT2D eigenvalue weighted by atomic mass is 9.90. The Labute approximate surface area is 152 Å². The number of benzene rings is 2. The Morgan fingerprint density at radius 3 is 2.24 bits per heavy atom. The Kier molecular flexibility index (Phi) is 5.45. The minimum absolute atomic E-state index is 0.118. The minimum atomic E-state index is -3.94. The molecule has 0 N–H and O–H groups in total. The molecule has 25 heavy (non-hydrogen) atoms. The first-order chi connectivity index (χ1) is 11.9. The van der Waals surface area contributed by atoms with Crippen molar-refractivity contribution >= 4 is 25.6 Å². The van der Waals surface area contributed by atoms with Crippen molar-refractivity contribution in [2.75, 3.05) is 13.1 Å². The second-order valence-electron chi connectivity index (χ2n) is 6.36. The average molecular weight is 378 g/mol. The highest BCUT2D eigenvalue weighted by Crippen LogP contribution is 2.25. The van der Waals surface area contributed by atoms with Crippen LogP contribution in [0.2, 0.25) is 0 Å². The van der Waals surface area contributed by atoms with E-state index in [2.05, 4.69) is 12.1 Å². The lowest BCUT2D eigenvalue weighted by molar-refractivity contribution is 0.0686. The van der Waals surface area contributed by atoms with Gasteiger partial charge in [0.1, 0.15) is 0 Å². The van der Waals surface area contributed by atoms with Crippen molar-refractivity contribution in [3.63, 3.8) is 0 Å². The predicted octanol–water partition coefficient (Wildman–Crippen LogP) is 3.71. The lowest BCUT2D eigenvalue weighted by Gasteiger charge is -2.32. The molecule has 0 spiro atoms. The van der Waals surface area contributed by atoms with Gasteiger partial charge in [-0.05, 0) is 42.9 Å². The number of hydrogen-bond donors (Lipinski definition) is 0. The number of likely N-dealkylation sites (tertiary alicyclic amines) is 1. The van der Waals surface area contributed by atoms with Crippen LogP contribution in [-0.2, 0) is 15.5 Å². The first-order valence-electron chi connectivity index (χ1n) is 8.32. The molecule has 1 fully saturated rings. The molecule has 0 radical (unpaired) electrons. The van der Waals surface area contributed by atoms with Crippen molar-refractivity contribution in [1.82, 2.24) is 4.90 Å². The highest BCUT2D eigenvalue weighted by atomic mass is 35.7. The van der Waals surface area contributed by atoms with E-state index in [0.717, 1.165) is 19.3 Å². The van der Waals surface area contributed by atoms with E-state index in [1.165, 1.54) is 17.7 Å². The number of piperidine rings is 1. The summed E-state index contributed by atoms with van der Waals surface area (Å²) in [5.41, 5.74) is 1.46. The SMILES string of the molecule is O=C(c1ccccc1S(=O)(=O)Cl)N1CCC(Cc2ccccc2)CC1. The Balaban J connectivity index is 1.67. The van der Waals surface area contributed by atoms with Gasteiger partial charge in [-0.2, -0.15) is 0 Å². The van der Waals surface area contributed by atoms with Crippen molar-refractivity contribution in [3.8, 4) is 0 Å². The Bertz CT molecular complexity index is 844. The molecule has 2 aromatic rings. The molecule has 3 rings (SSSR count). The van der Waals surface area contributed by atoms with Crippen molar-refractivity contribution < 1.29 is 13.2 Å². The van der Waals surface area contributed by atoms with Gasteiger partial charge in [0.2, 0.25) is 0 Å². The normalized spacial score (nSPS) is 16.0. The number of carbonyl (C=O) groups is 1. The van der Waals surface area contributed by atoms with E-state index in [-0.39, 0.29) is 16.4 Å². The molecule has 1 heterocycles. The van der Waals surface area contributed by atoms with E-state index in [0.29, 0.717) is 19.0 Å². The highest BCUT2D eigenvalue weighted by Gasteiger charge is 2.27. The summed E-state index contributed by atoms with van der Waals surface area (Å²) in [6.07, 6.45) is 2.84. The molecule has 1 saturated heterocycles. The van der Waals surface area contributed by atoms with Crippen LogP contribution in [0.1, 0.15) is 28.8 Å². The highest BCUT2D eigenvalue weighted by molar-refractivity contribution is 8.13. The average Bonchev–Trinajstić information content (AvgIpc) is 2.62.